The van der Waals surface area contributed by atoms with Crippen molar-refractivity contribution in [1.29, 1.82) is 0 Å². The van der Waals surface area contributed by atoms with Gasteiger partial charge in [0.2, 0.25) is 0 Å². The lowest BCUT2D eigenvalue weighted by atomic mass is 10.0. The minimum absolute atomic E-state index is 0.634. The highest BCUT2D eigenvalue weighted by Gasteiger charge is 2.24. The molecule has 2 aliphatic heterocycles. The third kappa shape index (κ3) is 3.48. The Hall–Kier alpha value is -0.720. The Morgan fingerprint density at radius 3 is 2.55 bits per heavy atom. The number of hydrogen-bond acceptors (Lipinski definition) is 5. The Balaban J connectivity index is 1.50. The van der Waals surface area contributed by atoms with Crippen molar-refractivity contribution in [3.63, 3.8) is 0 Å². The molecule has 110 valence electrons. The zero-order valence-electron chi connectivity index (χ0n) is 11.6. The highest BCUT2D eigenvalue weighted by Crippen LogP contribution is 2.25. The molecule has 0 amide bonds. The van der Waals surface area contributed by atoms with E-state index in [0.29, 0.717) is 12.1 Å². The van der Waals surface area contributed by atoms with E-state index in [9.17, 15) is 0 Å². The molecule has 0 saturated carbocycles. The second kappa shape index (κ2) is 6.83. The smallest absolute Gasteiger partial charge is 0.146 e. The van der Waals surface area contributed by atoms with E-state index in [4.69, 9.17) is 4.74 Å². The number of anilines is 1. The van der Waals surface area contributed by atoms with E-state index in [1.54, 1.807) is 6.33 Å². The molecule has 0 aliphatic carbocycles. The molecule has 1 aromatic rings. The Bertz CT molecular complexity index is 431. The number of nitrogens with zero attached hydrogens (tertiary/aromatic N) is 3. The summed E-state index contributed by atoms with van der Waals surface area (Å²) >= 11 is 3.53. The van der Waals surface area contributed by atoms with Crippen molar-refractivity contribution in [2.45, 2.75) is 37.8 Å². The van der Waals surface area contributed by atoms with Gasteiger partial charge in [-0.05, 0) is 41.6 Å². The van der Waals surface area contributed by atoms with Crippen LogP contribution in [0.2, 0.25) is 0 Å². The number of aromatic nitrogens is 2. The molecule has 6 heteroatoms. The van der Waals surface area contributed by atoms with E-state index in [2.05, 4.69) is 36.1 Å². The summed E-state index contributed by atoms with van der Waals surface area (Å²) in [6, 6.07) is 1.28. The molecule has 0 radical (unpaired) electrons. The Morgan fingerprint density at radius 2 is 1.85 bits per heavy atom. The Morgan fingerprint density at radius 1 is 1.15 bits per heavy atom. The second-order valence-corrected chi connectivity index (χ2v) is 6.36. The minimum Gasteiger partial charge on any atom is -0.381 e. The molecule has 0 atom stereocenters. The molecular weight excluding hydrogens is 320 g/mol. The van der Waals surface area contributed by atoms with Crippen LogP contribution in [0.15, 0.2) is 17.0 Å². The van der Waals surface area contributed by atoms with Crippen LogP contribution >= 0.6 is 15.9 Å². The van der Waals surface area contributed by atoms with Gasteiger partial charge in [-0.3, -0.25) is 0 Å². The van der Waals surface area contributed by atoms with E-state index in [1.807, 2.05) is 6.20 Å². The first kappa shape index (κ1) is 14.2. The van der Waals surface area contributed by atoms with Gasteiger partial charge in [0.15, 0.2) is 0 Å². The van der Waals surface area contributed by atoms with Crippen LogP contribution in [0.25, 0.3) is 0 Å². The fourth-order valence-electron chi connectivity index (χ4n) is 2.99. The number of halogens is 1. The zero-order valence-corrected chi connectivity index (χ0v) is 13.2. The van der Waals surface area contributed by atoms with Crippen LogP contribution in [-0.4, -0.2) is 48.4 Å². The molecule has 20 heavy (non-hydrogen) atoms. The lowest BCUT2D eigenvalue weighted by Gasteiger charge is -2.36. The molecule has 0 aromatic carbocycles. The van der Waals surface area contributed by atoms with E-state index < -0.39 is 0 Å². The molecule has 1 N–H and O–H groups in total. The summed E-state index contributed by atoms with van der Waals surface area (Å²) in [7, 11) is 0. The van der Waals surface area contributed by atoms with Crippen LogP contribution in [0.5, 0.6) is 0 Å². The molecule has 3 rings (SSSR count). The summed E-state index contributed by atoms with van der Waals surface area (Å²) in [4.78, 5) is 10.7. The average Bonchev–Trinajstić information content (AvgIpc) is 2.50. The standard InChI is InChI=1S/C14H21BrN4O/c15-13-9-16-10-17-14(13)19-5-1-11(2-6-19)18-12-3-7-20-8-4-12/h9-12,18H,1-8H2. The highest BCUT2D eigenvalue weighted by molar-refractivity contribution is 9.10. The molecule has 5 nitrogen and oxygen atoms in total. The van der Waals surface area contributed by atoms with Gasteiger partial charge in [-0.2, -0.15) is 0 Å². The van der Waals surface area contributed by atoms with Gasteiger partial charge in [-0.1, -0.05) is 0 Å². The number of piperidine rings is 1. The van der Waals surface area contributed by atoms with Gasteiger partial charge >= 0.3 is 0 Å². The van der Waals surface area contributed by atoms with E-state index in [1.165, 1.54) is 12.8 Å². The third-order valence-electron chi connectivity index (χ3n) is 4.14. The summed E-state index contributed by atoms with van der Waals surface area (Å²) in [5.74, 6) is 1.02. The molecule has 2 fully saturated rings. The largest absolute Gasteiger partial charge is 0.381 e. The van der Waals surface area contributed by atoms with Crippen molar-refractivity contribution < 1.29 is 4.74 Å². The second-order valence-electron chi connectivity index (χ2n) is 5.51. The maximum Gasteiger partial charge on any atom is 0.146 e. The Kier molecular flexibility index (Phi) is 4.86. The fourth-order valence-corrected chi connectivity index (χ4v) is 3.47. The van der Waals surface area contributed by atoms with Gasteiger partial charge in [-0.25, -0.2) is 9.97 Å². The van der Waals surface area contributed by atoms with Gasteiger partial charge in [0.1, 0.15) is 12.1 Å². The predicted octanol–water partition coefficient (Wildman–Crippen LogP) is 1.98. The van der Waals surface area contributed by atoms with Gasteiger partial charge in [0.05, 0.1) is 4.47 Å². The summed E-state index contributed by atoms with van der Waals surface area (Å²) in [5.41, 5.74) is 0. The lowest BCUT2D eigenvalue weighted by molar-refractivity contribution is 0.0738. The number of ether oxygens (including phenoxy) is 1. The number of rotatable bonds is 3. The van der Waals surface area contributed by atoms with Gasteiger partial charge in [-0.15, -0.1) is 0 Å². The number of nitrogens with one attached hydrogen (secondary N) is 1. The van der Waals surface area contributed by atoms with E-state index >= 15 is 0 Å². The third-order valence-corrected chi connectivity index (χ3v) is 4.69. The molecular formula is C14H21BrN4O. The van der Waals surface area contributed by atoms with Crippen molar-refractivity contribution in [2.24, 2.45) is 0 Å². The normalized spacial score (nSPS) is 22.1. The summed E-state index contributed by atoms with van der Waals surface area (Å²) in [5, 5.41) is 3.79. The van der Waals surface area contributed by atoms with Gasteiger partial charge in [0, 0.05) is 44.6 Å². The van der Waals surface area contributed by atoms with Gasteiger partial charge in [0.25, 0.3) is 0 Å². The first-order valence-corrected chi connectivity index (χ1v) is 8.16. The monoisotopic (exact) mass is 340 g/mol. The highest BCUT2D eigenvalue weighted by atomic mass is 79.9. The van der Waals surface area contributed by atoms with Crippen LogP contribution in [0.3, 0.4) is 0 Å². The molecule has 0 spiro atoms. The van der Waals surface area contributed by atoms with Gasteiger partial charge < -0.3 is 15.0 Å². The molecule has 2 saturated heterocycles. The van der Waals surface area contributed by atoms with Crippen molar-refractivity contribution in [2.75, 3.05) is 31.2 Å². The fraction of sp³-hybridized carbons (Fsp3) is 0.714. The van der Waals surface area contributed by atoms with E-state index in [0.717, 1.165) is 49.4 Å². The average molecular weight is 341 g/mol. The topological polar surface area (TPSA) is 50.3 Å². The lowest BCUT2D eigenvalue weighted by Crippen LogP contribution is -2.48. The minimum atomic E-state index is 0.634. The maximum atomic E-state index is 5.41. The van der Waals surface area contributed by atoms with E-state index in [-0.39, 0.29) is 0 Å². The van der Waals surface area contributed by atoms with Crippen LogP contribution in [0.4, 0.5) is 5.82 Å². The maximum absolute atomic E-state index is 5.41. The quantitative estimate of drug-likeness (QED) is 0.911. The first-order valence-electron chi connectivity index (χ1n) is 7.37. The summed E-state index contributed by atoms with van der Waals surface area (Å²) in [6.07, 6.45) is 8.08. The SMILES string of the molecule is Brc1cncnc1N1CCC(NC2CCOCC2)CC1. The summed E-state index contributed by atoms with van der Waals surface area (Å²) < 4.78 is 6.39. The van der Waals surface area contributed by atoms with Crippen molar-refractivity contribution in [1.82, 2.24) is 15.3 Å². The summed E-state index contributed by atoms with van der Waals surface area (Å²) in [6.45, 7) is 3.92. The molecule has 0 unspecified atom stereocenters. The van der Waals surface area contributed by atoms with Crippen molar-refractivity contribution in [3.8, 4) is 0 Å². The van der Waals surface area contributed by atoms with Crippen LogP contribution in [0.1, 0.15) is 25.7 Å². The van der Waals surface area contributed by atoms with Crippen molar-refractivity contribution in [3.05, 3.63) is 17.0 Å². The zero-order chi connectivity index (χ0) is 13.8. The molecule has 3 heterocycles. The molecule has 2 aliphatic rings. The molecule has 1 aromatic heterocycles. The predicted molar refractivity (Wildman–Crippen MR) is 81.9 cm³/mol. The number of hydrogen-bond donors (Lipinski definition) is 1. The first-order chi connectivity index (χ1) is 9.83. The molecule has 0 bridgehead atoms. The van der Waals surface area contributed by atoms with Crippen molar-refractivity contribution >= 4 is 21.7 Å². The van der Waals surface area contributed by atoms with Crippen LogP contribution < -0.4 is 10.2 Å². The van der Waals surface area contributed by atoms with Crippen LogP contribution in [0, 0.1) is 0 Å². The Labute approximate surface area is 128 Å². The van der Waals surface area contributed by atoms with Crippen LogP contribution in [-0.2, 0) is 4.74 Å².